The Labute approximate surface area is 159 Å². The zero-order valence-corrected chi connectivity index (χ0v) is 17.4. The Hall–Kier alpha value is -0.810. The van der Waals surface area contributed by atoms with Crippen molar-refractivity contribution in [1.29, 1.82) is 0 Å². The summed E-state index contributed by atoms with van der Waals surface area (Å²) >= 11 is 0. The number of hydrogen-bond donors (Lipinski definition) is 2. The maximum Gasteiger partial charge on any atom is 0.191 e. The van der Waals surface area contributed by atoms with Gasteiger partial charge in [-0.1, -0.05) is 27.2 Å². The second kappa shape index (κ2) is 8.05. The second-order valence-electron chi connectivity index (χ2n) is 9.48. The van der Waals surface area contributed by atoms with Gasteiger partial charge in [0.2, 0.25) is 0 Å². The third kappa shape index (κ3) is 3.89. The second-order valence-corrected chi connectivity index (χ2v) is 9.48. The number of nitrogens with zero attached hydrogens (tertiary/aromatic N) is 1. The lowest BCUT2D eigenvalue weighted by Crippen LogP contribution is -2.68. The Kier molecular flexibility index (Phi) is 6.18. The predicted octanol–water partition coefficient (Wildman–Crippen LogP) is 3.34. The molecule has 5 heteroatoms. The number of hydrogen-bond acceptors (Lipinski definition) is 3. The van der Waals surface area contributed by atoms with Crippen LogP contribution in [0.1, 0.15) is 66.2 Å². The summed E-state index contributed by atoms with van der Waals surface area (Å²) in [6.07, 6.45) is 8.15. The lowest BCUT2D eigenvalue weighted by Gasteiger charge is -2.61. The molecule has 2 saturated carbocycles. The summed E-state index contributed by atoms with van der Waals surface area (Å²) in [6.45, 7) is 11.6. The van der Waals surface area contributed by atoms with E-state index in [0.29, 0.717) is 29.6 Å². The van der Waals surface area contributed by atoms with E-state index >= 15 is 0 Å². The van der Waals surface area contributed by atoms with Gasteiger partial charge in [-0.05, 0) is 44.4 Å². The van der Waals surface area contributed by atoms with Crippen LogP contribution in [-0.2, 0) is 9.47 Å². The quantitative estimate of drug-likeness (QED) is 0.579. The SMILES string of the molecule is CCOC1CC(NC(=NC)NCC2CCCOC2C(C)(C)C)C12CCC2. The van der Waals surface area contributed by atoms with Crippen molar-refractivity contribution in [2.45, 2.75) is 84.5 Å². The molecule has 3 rings (SSSR count). The standard InChI is InChI=1S/C21H39N3O2/c1-6-25-17-13-16(21(17)10-8-11-21)24-19(22-5)23-14-15-9-7-12-26-18(15)20(2,3)4/h15-18H,6-14H2,1-5H3,(H2,22,23,24). The first-order chi connectivity index (χ1) is 12.4. The topological polar surface area (TPSA) is 54.9 Å². The molecule has 0 radical (unpaired) electrons. The minimum Gasteiger partial charge on any atom is -0.378 e. The monoisotopic (exact) mass is 365 g/mol. The first-order valence-corrected chi connectivity index (χ1v) is 10.6. The van der Waals surface area contributed by atoms with Crippen molar-refractivity contribution in [3.05, 3.63) is 0 Å². The summed E-state index contributed by atoms with van der Waals surface area (Å²) in [5.41, 5.74) is 0.536. The minimum absolute atomic E-state index is 0.179. The van der Waals surface area contributed by atoms with E-state index in [9.17, 15) is 0 Å². The summed E-state index contributed by atoms with van der Waals surface area (Å²) in [7, 11) is 1.88. The smallest absolute Gasteiger partial charge is 0.191 e. The van der Waals surface area contributed by atoms with Crippen LogP contribution in [0.2, 0.25) is 0 Å². The highest BCUT2D eigenvalue weighted by Gasteiger charge is 2.59. The molecule has 0 bridgehead atoms. The number of guanidine groups is 1. The molecule has 4 atom stereocenters. The van der Waals surface area contributed by atoms with E-state index in [4.69, 9.17) is 9.47 Å². The normalized spacial score (nSPS) is 34.1. The molecule has 3 fully saturated rings. The van der Waals surface area contributed by atoms with Crippen LogP contribution in [0.5, 0.6) is 0 Å². The van der Waals surface area contributed by atoms with Crippen molar-refractivity contribution in [2.24, 2.45) is 21.7 Å². The lowest BCUT2D eigenvalue weighted by molar-refractivity contribution is -0.168. The fourth-order valence-corrected chi connectivity index (χ4v) is 5.24. The van der Waals surface area contributed by atoms with Crippen LogP contribution in [0.25, 0.3) is 0 Å². The average Bonchev–Trinajstić information content (AvgIpc) is 2.54. The third-order valence-electron chi connectivity index (χ3n) is 6.80. The number of nitrogens with one attached hydrogen (secondary N) is 2. The molecule has 2 N–H and O–H groups in total. The molecule has 1 saturated heterocycles. The summed E-state index contributed by atoms with van der Waals surface area (Å²) in [5, 5.41) is 7.29. The van der Waals surface area contributed by atoms with Crippen molar-refractivity contribution < 1.29 is 9.47 Å². The molecule has 5 nitrogen and oxygen atoms in total. The van der Waals surface area contributed by atoms with Crippen molar-refractivity contribution >= 4 is 5.96 Å². The Bertz CT molecular complexity index is 496. The lowest BCUT2D eigenvalue weighted by atomic mass is 9.51. The van der Waals surface area contributed by atoms with Gasteiger partial charge >= 0.3 is 0 Å². The number of rotatable bonds is 5. The Morgan fingerprint density at radius 1 is 1.27 bits per heavy atom. The highest BCUT2D eigenvalue weighted by atomic mass is 16.5. The highest BCUT2D eigenvalue weighted by Crippen LogP contribution is 2.57. The first-order valence-electron chi connectivity index (χ1n) is 10.6. The largest absolute Gasteiger partial charge is 0.378 e. The van der Waals surface area contributed by atoms with Gasteiger partial charge in [0.25, 0.3) is 0 Å². The summed E-state index contributed by atoms with van der Waals surface area (Å²) in [4.78, 5) is 4.49. The zero-order valence-electron chi connectivity index (χ0n) is 17.4. The van der Waals surface area contributed by atoms with Crippen molar-refractivity contribution in [1.82, 2.24) is 10.6 Å². The van der Waals surface area contributed by atoms with Crippen molar-refractivity contribution in [2.75, 3.05) is 26.8 Å². The van der Waals surface area contributed by atoms with E-state index in [1.54, 1.807) is 0 Å². The molecule has 0 aromatic carbocycles. The number of ether oxygens (including phenoxy) is 2. The Balaban J connectivity index is 1.52. The predicted molar refractivity (Wildman–Crippen MR) is 107 cm³/mol. The van der Waals surface area contributed by atoms with Gasteiger partial charge in [-0.3, -0.25) is 4.99 Å². The van der Waals surface area contributed by atoms with E-state index in [0.717, 1.165) is 38.6 Å². The zero-order chi connectivity index (χ0) is 18.8. The van der Waals surface area contributed by atoms with Crippen LogP contribution in [0.4, 0.5) is 0 Å². The maximum absolute atomic E-state index is 6.12. The maximum atomic E-state index is 6.12. The molecule has 4 unspecified atom stereocenters. The van der Waals surface area contributed by atoms with Gasteiger partial charge in [0, 0.05) is 44.2 Å². The van der Waals surface area contributed by atoms with Crippen LogP contribution in [-0.4, -0.2) is 51.0 Å². The van der Waals surface area contributed by atoms with Crippen LogP contribution < -0.4 is 10.6 Å². The first kappa shape index (κ1) is 19.9. The van der Waals surface area contributed by atoms with Crippen molar-refractivity contribution in [3.8, 4) is 0 Å². The van der Waals surface area contributed by atoms with Crippen LogP contribution in [0.15, 0.2) is 4.99 Å². The van der Waals surface area contributed by atoms with Gasteiger partial charge in [-0.15, -0.1) is 0 Å². The van der Waals surface area contributed by atoms with E-state index in [1.807, 2.05) is 7.05 Å². The fraction of sp³-hybridized carbons (Fsp3) is 0.952. The highest BCUT2D eigenvalue weighted by molar-refractivity contribution is 5.80. The van der Waals surface area contributed by atoms with Gasteiger partial charge in [0.05, 0.1) is 12.2 Å². The molecule has 0 aromatic heterocycles. The van der Waals surface area contributed by atoms with E-state index in [-0.39, 0.29) is 5.41 Å². The Morgan fingerprint density at radius 2 is 2.04 bits per heavy atom. The molecule has 2 aliphatic carbocycles. The summed E-state index contributed by atoms with van der Waals surface area (Å²) in [6, 6.07) is 0.500. The third-order valence-corrected chi connectivity index (χ3v) is 6.80. The van der Waals surface area contributed by atoms with Crippen LogP contribution >= 0.6 is 0 Å². The van der Waals surface area contributed by atoms with Crippen LogP contribution in [0, 0.1) is 16.7 Å². The van der Waals surface area contributed by atoms with Gasteiger partial charge < -0.3 is 20.1 Å². The molecular weight excluding hydrogens is 326 g/mol. The summed E-state index contributed by atoms with van der Waals surface area (Å²) in [5.74, 6) is 1.48. The van der Waals surface area contributed by atoms with Gasteiger partial charge in [-0.25, -0.2) is 0 Å². The number of aliphatic imine (C=N–C) groups is 1. The fourth-order valence-electron chi connectivity index (χ4n) is 5.24. The van der Waals surface area contributed by atoms with Crippen molar-refractivity contribution in [3.63, 3.8) is 0 Å². The molecule has 3 aliphatic rings. The van der Waals surface area contributed by atoms with E-state index in [1.165, 1.54) is 25.7 Å². The Morgan fingerprint density at radius 3 is 2.62 bits per heavy atom. The van der Waals surface area contributed by atoms with Gasteiger partial charge in [-0.2, -0.15) is 0 Å². The van der Waals surface area contributed by atoms with E-state index in [2.05, 4.69) is 43.3 Å². The molecule has 1 spiro atoms. The molecule has 26 heavy (non-hydrogen) atoms. The van der Waals surface area contributed by atoms with Gasteiger partial charge in [0.15, 0.2) is 5.96 Å². The van der Waals surface area contributed by atoms with Crippen LogP contribution in [0.3, 0.4) is 0 Å². The molecule has 1 aliphatic heterocycles. The molecule has 1 heterocycles. The average molecular weight is 366 g/mol. The van der Waals surface area contributed by atoms with Gasteiger partial charge in [0.1, 0.15) is 0 Å². The minimum atomic E-state index is 0.179. The molecule has 0 amide bonds. The molecule has 0 aromatic rings. The molecule has 150 valence electrons. The molecular formula is C21H39N3O2. The van der Waals surface area contributed by atoms with E-state index < -0.39 is 0 Å². The summed E-state index contributed by atoms with van der Waals surface area (Å²) < 4.78 is 12.1.